The van der Waals surface area contributed by atoms with E-state index in [0.29, 0.717) is 59.5 Å². The highest BCUT2D eigenvalue weighted by Crippen LogP contribution is 2.49. The molecule has 1 aromatic heterocycles. The molecule has 0 spiro atoms. The van der Waals surface area contributed by atoms with E-state index in [2.05, 4.69) is 0 Å². The summed E-state index contributed by atoms with van der Waals surface area (Å²) >= 11 is 8.00. The number of benzene rings is 3. The van der Waals surface area contributed by atoms with Gasteiger partial charge in [-0.2, -0.15) is 5.10 Å². The van der Waals surface area contributed by atoms with Crippen LogP contribution in [-0.4, -0.2) is 75.8 Å². The second-order valence-electron chi connectivity index (χ2n) is 10.4. The molecule has 2 aliphatic rings. The second-order valence-corrected chi connectivity index (χ2v) is 11.9. The molecule has 0 saturated carbocycles. The Labute approximate surface area is 258 Å². The van der Waals surface area contributed by atoms with Crippen molar-refractivity contribution < 1.29 is 18.8 Å². The number of para-hydroxylation sites is 1. The Morgan fingerprint density at radius 1 is 0.930 bits per heavy atom. The number of halogens is 2. The number of thioether (sulfide) groups is 1. The Morgan fingerprint density at radius 2 is 1.58 bits per heavy atom. The molecule has 3 aromatic carbocycles. The summed E-state index contributed by atoms with van der Waals surface area (Å²) in [4.78, 5) is 44.3. The molecule has 1 saturated heterocycles. The van der Waals surface area contributed by atoms with E-state index in [9.17, 15) is 14.4 Å². The largest absolute Gasteiger partial charge is 0.339 e. The minimum absolute atomic E-state index is 0.0236. The number of nitrogens with zero attached hydrogens (tertiary/aromatic N) is 5. The fraction of sp³-hybridized carbons (Fsp3) is 0.250. The highest BCUT2D eigenvalue weighted by Gasteiger charge is 2.39. The Morgan fingerprint density at radius 3 is 2.28 bits per heavy atom. The van der Waals surface area contributed by atoms with Crippen molar-refractivity contribution in [1.29, 1.82) is 0 Å². The maximum Gasteiger partial charge on any atom is 0.242 e. The summed E-state index contributed by atoms with van der Waals surface area (Å²) in [7, 11) is 0. The molecule has 0 N–H and O–H groups in total. The van der Waals surface area contributed by atoms with Crippen molar-refractivity contribution in [2.45, 2.75) is 12.2 Å². The highest BCUT2D eigenvalue weighted by atomic mass is 35.5. The molecule has 0 bridgehead atoms. The normalized spacial score (nSPS) is 17.0. The van der Waals surface area contributed by atoms with E-state index in [4.69, 9.17) is 16.7 Å². The average Bonchev–Trinajstić information content (AvgIpc) is 3.34. The minimum Gasteiger partial charge on any atom is -0.339 e. The molecule has 1 fully saturated rings. The first-order chi connectivity index (χ1) is 20.8. The van der Waals surface area contributed by atoms with Gasteiger partial charge in [0.1, 0.15) is 18.2 Å². The Bertz CT molecular complexity index is 1690. The average molecular weight is 618 g/mol. The maximum absolute atomic E-state index is 15.4. The van der Waals surface area contributed by atoms with Gasteiger partial charge in [0.15, 0.2) is 0 Å². The Hall–Kier alpha value is -4.15. The first-order valence-electron chi connectivity index (χ1n) is 14.0. The predicted octanol–water partition coefficient (Wildman–Crippen LogP) is 5.19. The SMILES string of the molecule is CC(=O)N1CCN(C(=O)CN2C(=O)CSC(c3ccccc3F)c3c(-c4ccccc4)nn(-c4ccccc4Cl)c32)CC1. The number of aromatic nitrogens is 2. The quantitative estimate of drug-likeness (QED) is 0.308. The van der Waals surface area contributed by atoms with E-state index in [1.54, 1.807) is 50.9 Å². The molecule has 8 nitrogen and oxygen atoms in total. The molecule has 3 amide bonds. The summed E-state index contributed by atoms with van der Waals surface area (Å²) in [5.74, 6) is -0.566. The van der Waals surface area contributed by atoms with Crippen molar-refractivity contribution in [3.63, 3.8) is 0 Å². The van der Waals surface area contributed by atoms with E-state index in [1.165, 1.54) is 29.7 Å². The van der Waals surface area contributed by atoms with E-state index in [1.807, 2.05) is 36.4 Å². The first-order valence-corrected chi connectivity index (χ1v) is 15.4. The van der Waals surface area contributed by atoms with Crippen LogP contribution < -0.4 is 4.90 Å². The minimum atomic E-state index is -0.592. The van der Waals surface area contributed by atoms with Crippen molar-refractivity contribution in [3.8, 4) is 16.9 Å². The summed E-state index contributed by atoms with van der Waals surface area (Å²) in [6, 6.07) is 23.2. The smallest absolute Gasteiger partial charge is 0.242 e. The van der Waals surface area contributed by atoms with Crippen molar-refractivity contribution >= 4 is 46.9 Å². The van der Waals surface area contributed by atoms with Gasteiger partial charge in [-0.05, 0) is 18.2 Å². The van der Waals surface area contributed by atoms with Crippen molar-refractivity contribution in [3.05, 3.63) is 101 Å². The molecule has 0 aliphatic carbocycles. The zero-order chi connectivity index (χ0) is 30.1. The second kappa shape index (κ2) is 12.2. The Kier molecular flexibility index (Phi) is 8.23. The van der Waals surface area contributed by atoms with Gasteiger partial charge in [-0.1, -0.05) is 72.3 Å². The third-order valence-electron chi connectivity index (χ3n) is 7.78. The predicted molar refractivity (Wildman–Crippen MR) is 166 cm³/mol. The zero-order valence-corrected chi connectivity index (χ0v) is 25.0. The van der Waals surface area contributed by atoms with Crippen molar-refractivity contribution in [1.82, 2.24) is 19.6 Å². The molecule has 1 unspecified atom stereocenters. The Balaban J connectivity index is 1.53. The number of carbonyl (C=O) groups is 3. The van der Waals surface area contributed by atoms with Gasteiger partial charge in [0, 0.05) is 49.8 Å². The molecule has 1 atom stereocenters. The molecule has 11 heteroatoms. The van der Waals surface area contributed by atoms with Gasteiger partial charge in [-0.15, -0.1) is 11.8 Å². The van der Waals surface area contributed by atoms with E-state index in [0.717, 1.165) is 5.56 Å². The monoisotopic (exact) mass is 617 g/mol. The number of carbonyl (C=O) groups excluding carboxylic acids is 3. The lowest BCUT2D eigenvalue weighted by Gasteiger charge is -2.35. The van der Waals surface area contributed by atoms with Crippen molar-refractivity contribution in [2.24, 2.45) is 0 Å². The van der Waals surface area contributed by atoms with Gasteiger partial charge in [-0.3, -0.25) is 19.3 Å². The van der Waals surface area contributed by atoms with Crippen molar-refractivity contribution in [2.75, 3.05) is 43.4 Å². The van der Waals surface area contributed by atoms with Crippen LogP contribution in [0.5, 0.6) is 0 Å². The van der Waals surface area contributed by atoms with Gasteiger partial charge in [0.2, 0.25) is 17.7 Å². The molecule has 2 aliphatic heterocycles. The van der Waals surface area contributed by atoms with Crippen LogP contribution in [0.25, 0.3) is 16.9 Å². The van der Waals surface area contributed by atoms with Crippen LogP contribution in [0, 0.1) is 5.82 Å². The summed E-state index contributed by atoms with van der Waals surface area (Å²) in [5, 5.41) is 4.82. The van der Waals surface area contributed by atoms with Crippen LogP contribution in [0.1, 0.15) is 23.3 Å². The fourth-order valence-corrected chi connectivity index (χ4v) is 6.99. The zero-order valence-electron chi connectivity index (χ0n) is 23.5. The molecule has 0 radical (unpaired) electrons. The molecule has 220 valence electrons. The summed E-state index contributed by atoms with van der Waals surface area (Å²) < 4.78 is 17.0. The van der Waals surface area contributed by atoms with Gasteiger partial charge >= 0.3 is 0 Å². The molecule has 43 heavy (non-hydrogen) atoms. The van der Waals surface area contributed by atoms with E-state index >= 15 is 4.39 Å². The molecular formula is C32H29ClFN5O3S. The summed E-state index contributed by atoms with van der Waals surface area (Å²) in [5.41, 5.74) is 2.93. The van der Waals surface area contributed by atoms with Gasteiger partial charge in [0.25, 0.3) is 0 Å². The fourth-order valence-electron chi connectivity index (χ4n) is 5.56. The third-order valence-corrected chi connectivity index (χ3v) is 9.33. The lowest BCUT2D eigenvalue weighted by Crippen LogP contribution is -2.53. The van der Waals surface area contributed by atoms with Crippen LogP contribution in [0.2, 0.25) is 5.02 Å². The lowest BCUT2D eigenvalue weighted by molar-refractivity contribution is -0.137. The summed E-state index contributed by atoms with van der Waals surface area (Å²) in [6.07, 6.45) is 0. The van der Waals surface area contributed by atoms with Crippen LogP contribution in [0.15, 0.2) is 78.9 Å². The van der Waals surface area contributed by atoms with E-state index < -0.39 is 11.1 Å². The lowest BCUT2D eigenvalue weighted by atomic mass is 9.99. The van der Waals surface area contributed by atoms with E-state index in [-0.39, 0.29) is 30.0 Å². The topological polar surface area (TPSA) is 78.8 Å². The van der Waals surface area contributed by atoms with Crippen LogP contribution in [-0.2, 0) is 14.4 Å². The maximum atomic E-state index is 15.4. The van der Waals surface area contributed by atoms with Gasteiger partial charge < -0.3 is 9.80 Å². The van der Waals surface area contributed by atoms with Crippen LogP contribution in [0.3, 0.4) is 0 Å². The number of fused-ring (bicyclic) bond motifs is 1. The highest BCUT2D eigenvalue weighted by molar-refractivity contribution is 8.00. The first kappa shape index (κ1) is 28.9. The molecular weight excluding hydrogens is 589 g/mol. The summed E-state index contributed by atoms with van der Waals surface area (Å²) in [6.45, 7) is 2.89. The van der Waals surface area contributed by atoms with Crippen LogP contribution in [0.4, 0.5) is 10.2 Å². The molecule has 4 aromatic rings. The third kappa shape index (κ3) is 5.64. The molecule has 3 heterocycles. The standard InChI is InChI=1S/C32H29ClFN5O3S/c1-21(40)36-15-17-37(18-16-36)27(41)19-38-28(42)20-43-31(23-11-5-7-13-25(23)34)29-30(22-9-3-2-4-10-22)35-39(32(29)38)26-14-8-6-12-24(26)33/h2-14,31H,15-20H2,1H3. The number of rotatable bonds is 5. The number of hydrogen-bond acceptors (Lipinski definition) is 5. The van der Waals surface area contributed by atoms with Gasteiger partial charge in [-0.25, -0.2) is 9.07 Å². The number of hydrogen-bond donors (Lipinski definition) is 0. The number of amides is 3. The number of piperazine rings is 1. The van der Waals surface area contributed by atoms with Crippen LogP contribution >= 0.6 is 23.4 Å². The molecule has 6 rings (SSSR count). The number of anilines is 1. The van der Waals surface area contributed by atoms with Gasteiger partial charge in [0.05, 0.1) is 27.4 Å².